The minimum atomic E-state index is -0.796. The summed E-state index contributed by atoms with van der Waals surface area (Å²) in [7, 11) is 0. The highest BCUT2D eigenvalue weighted by Gasteiger charge is 2.52. The average molecular weight is 443 g/mol. The molecule has 2 N–H and O–H groups in total. The predicted octanol–water partition coefficient (Wildman–Crippen LogP) is 4.24. The first kappa shape index (κ1) is 25.0. The smallest absolute Gasteiger partial charge is 0.132 e. The number of pyridine rings is 1. The lowest BCUT2D eigenvalue weighted by molar-refractivity contribution is 0.00311. The molecule has 1 aromatic heterocycles. The third kappa shape index (κ3) is 5.62. The summed E-state index contributed by atoms with van der Waals surface area (Å²) in [5, 5.41) is 22.9. The van der Waals surface area contributed by atoms with Crippen LogP contribution in [0.4, 0.5) is 5.82 Å². The van der Waals surface area contributed by atoms with Gasteiger partial charge in [0.2, 0.25) is 0 Å². The second-order valence-corrected chi connectivity index (χ2v) is 10.6. The number of rotatable bonds is 8. The zero-order valence-electron chi connectivity index (χ0n) is 21.1. The number of anilines is 1. The summed E-state index contributed by atoms with van der Waals surface area (Å²) in [6, 6.07) is 2.85. The zero-order chi connectivity index (χ0) is 23.7. The van der Waals surface area contributed by atoms with E-state index in [0.29, 0.717) is 42.1 Å². The fraction of sp³-hybridized carbons (Fsp3) is 0.769. The van der Waals surface area contributed by atoms with Crippen molar-refractivity contribution in [2.45, 2.75) is 98.4 Å². The summed E-state index contributed by atoms with van der Waals surface area (Å²) in [6.45, 7) is 16.8. The fourth-order valence-corrected chi connectivity index (χ4v) is 4.62. The zero-order valence-corrected chi connectivity index (χ0v) is 21.1. The van der Waals surface area contributed by atoms with Gasteiger partial charge >= 0.3 is 0 Å². The predicted molar refractivity (Wildman–Crippen MR) is 129 cm³/mol. The molecule has 1 saturated heterocycles. The van der Waals surface area contributed by atoms with Crippen LogP contribution in [0.3, 0.4) is 0 Å². The number of piperidine rings is 1. The number of fused-ring (bicyclic) bond motifs is 1. The van der Waals surface area contributed by atoms with Gasteiger partial charge in [-0.2, -0.15) is 5.26 Å². The van der Waals surface area contributed by atoms with E-state index in [1.54, 1.807) is 13.8 Å². The van der Waals surface area contributed by atoms with Crippen molar-refractivity contribution in [2.75, 3.05) is 24.6 Å². The van der Waals surface area contributed by atoms with Crippen LogP contribution in [0.25, 0.3) is 0 Å². The Bertz CT molecular complexity index is 851. The number of nitrogens with zero attached hydrogens (tertiary/aromatic N) is 3. The van der Waals surface area contributed by atoms with E-state index in [9.17, 15) is 10.4 Å². The van der Waals surface area contributed by atoms with E-state index >= 15 is 0 Å². The quantitative estimate of drug-likeness (QED) is 0.627. The summed E-state index contributed by atoms with van der Waals surface area (Å²) in [6.07, 6.45) is 5.21. The molecule has 0 radical (unpaired) electrons. The van der Waals surface area contributed by atoms with E-state index in [2.05, 4.69) is 30.1 Å². The number of aromatic nitrogens is 1. The number of aliphatic hydroxyl groups is 1. The topological polar surface area (TPSA) is 81.4 Å². The summed E-state index contributed by atoms with van der Waals surface area (Å²) in [5.41, 5.74) is 3.19. The number of hydrogen-bond acceptors (Lipinski definition) is 6. The highest BCUT2D eigenvalue weighted by molar-refractivity contribution is 5.58. The van der Waals surface area contributed by atoms with Crippen molar-refractivity contribution >= 4 is 5.82 Å². The molecule has 4 rings (SSSR count). The van der Waals surface area contributed by atoms with Crippen molar-refractivity contribution in [1.82, 2.24) is 10.3 Å². The standard InChI is InChI=1S/C24H36N4O2.C2H6/c1-15-16(2)22(27-19(18(15)11-25)12-26-13-23(3,4)29)28-9-6-21(17-10-20(17)28)30-14-24(5)7-8-24;1-2/h17,20-21,26,29H,6-10,12-14H2,1-5H3;1-2H3. The Labute approximate surface area is 194 Å². The van der Waals surface area contributed by atoms with Gasteiger partial charge in [-0.1, -0.05) is 20.8 Å². The monoisotopic (exact) mass is 442 g/mol. The van der Waals surface area contributed by atoms with Crippen molar-refractivity contribution in [2.24, 2.45) is 11.3 Å². The second-order valence-electron chi connectivity index (χ2n) is 10.6. The lowest BCUT2D eigenvalue weighted by Crippen LogP contribution is -2.40. The lowest BCUT2D eigenvalue weighted by atomic mass is 10.0. The van der Waals surface area contributed by atoms with Crippen molar-refractivity contribution < 1.29 is 9.84 Å². The van der Waals surface area contributed by atoms with Crippen LogP contribution in [0.1, 0.15) is 82.7 Å². The molecule has 6 nitrogen and oxygen atoms in total. The van der Waals surface area contributed by atoms with Crippen molar-refractivity contribution in [3.63, 3.8) is 0 Å². The largest absolute Gasteiger partial charge is 0.389 e. The first-order chi connectivity index (χ1) is 15.1. The van der Waals surface area contributed by atoms with Crippen LogP contribution in [0.5, 0.6) is 0 Å². The molecule has 0 bridgehead atoms. The van der Waals surface area contributed by atoms with Crippen molar-refractivity contribution in [3.8, 4) is 6.07 Å². The molecular weight excluding hydrogens is 400 g/mol. The van der Waals surface area contributed by atoms with Gasteiger partial charge in [0.1, 0.15) is 11.9 Å². The molecule has 2 heterocycles. The van der Waals surface area contributed by atoms with Crippen LogP contribution < -0.4 is 10.2 Å². The molecular formula is C26H42N4O2. The Balaban J connectivity index is 0.00000141. The number of ether oxygens (including phenoxy) is 1. The van der Waals surface area contributed by atoms with Gasteiger partial charge in [0.25, 0.3) is 0 Å². The molecule has 3 atom stereocenters. The van der Waals surface area contributed by atoms with Gasteiger partial charge in [-0.15, -0.1) is 0 Å². The molecule has 1 aliphatic heterocycles. The van der Waals surface area contributed by atoms with E-state index in [0.717, 1.165) is 42.2 Å². The van der Waals surface area contributed by atoms with Gasteiger partial charge in [0, 0.05) is 31.6 Å². The van der Waals surface area contributed by atoms with Gasteiger partial charge in [-0.05, 0) is 69.9 Å². The average Bonchev–Trinajstić information content (AvgIpc) is 3.67. The fourth-order valence-electron chi connectivity index (χ4n) is 4.62. The molecule has 0 amide bonds. The molecule has 1 aromatic rings. The molecule has 3 aliphatic rings. The first-order valence-electron chi connectivity index (χ1n) is 12.3. The third-order valence-electron chi connectivity index (χ3n) is 7.12. The number of nitrogens with one attached hydrogen (secondary N) is 1. The Morgan fingerprint density at radius 2 is 1.97 bits per heavy atom. The minimum Gasteiger partial charge on any atom is -0.389 e. The second kappa shape index (κ2) is 9.67. The molecule has 0 spiro atoms. The summed E-state index contributed by atoms with van der Waals surface area (Å²) in [4.78, 5) is 7.41. The molecule has 2 aliphatic carbocycles. The Morgan fingerprint density at radius 3 is 2.56 bits per heavy atom. The normalized spacial score (nSPS) is 25.3. The molecule has 3 unspecified atom stereocenters. The van der Waals surface area contributed by atoms with E-state index in [-0.39, 0.29) is 0 Å². The number of nitriles is 1. The highest BCUT2D eigenvalue weighted by Crippen LogP contribution is 2.49. The lowest BCUT2D eigenvalue weighted by Gasteiger charge is -2.34. The van der Waals surface area contributed by atoms with E-state index in [1.165, 1.54) is 19.3 Å². The SMILES string of the molecule is CC.Cc1c(N2CCC(OCC3(C)CC3)C3CC32)nc(CNCC(C)(C)O)c(C#N)c1C. The van der Waals surface area contributed by atoms with Gasteiger partial charge in [0.05, 0.1) is 29.6 Å². The van der Waals surface area contributed by atoms with Crippen molar-refractivity contribution in [3.05, 3.63) is 22.4 Å². The summed E-state index contributed by atoms with van der Waals surface area (Å²) >= 11 is 0. The maximum atomic E-state index is 9.97. The van der Waals surface area contributed by atoms with Crippen LogP contribution >= 0.6 is 0 Å². The maximum absolute atomic E-state index is 9.97. The van der Waals surface area contributed by atoms with Gasteiger partial charge in [-0.3, -0.25) is 0 Å². The van der Waals surface area contributed by atoms with Crippen LogP contribution in [0.15, 0.2) is 0 Å². The van der Waals surface area contributed by atoms with Crippen LogP contribution in [-0.4, -0.2) is 47.5 Å². The third-order valence-corrected chi connectivity index (χ3v) is 7.12. The van der Waals surface area contributed by atoms with E-state index < -0.39 is 5.60 Å². The summed E-state index contributed by atoms with van der Waals surface area (Å²) < 4.78 is 6.32. The molecule has 2 saturated carbocycles. The molecule has 32 heavy (non-hydrogen) atoms. The molecule has 178 valence electrons. The van der Waals surface area contributed by atoms with Gasteiger partial charge < -0.3 is 20.1 Å². The Morgan fingerprint density at radius 1 is 1.28 bits per heavy atom. The van der Waals surface area contributed by atoms with Crippen LogP contribution in [-0.2, 0) is 11.3 Å². The van der Waals surface area contributed by atoms with E-state index in [4.69, 9.17) is 9.72 Å². The molecule has 3 fully saturated rings. The van der Waals surface area contributed by atoms with Crippen molar-refractivity contribution in [1.29, 1.82) is 5.26 Å². The van der Waals surface area contributed by atoms with E-state index in [1.807, 2.05) is 20.8 Å². The summed E-state index contributed by atoms with van der Waals surface area (Å²) in [5.74, 6) is 1.63. The van der Waals surface area contributed by atoms with Crippen LogP contribution in [0.2, 0.25) is 0 Å². The first-order valence-corrected chi connectivity index (χ1v) is 12.3. The van der Waals surface area contributed by atoms with Crippen LogP contribution in [0, 0.1) is 36.5 Å². The Kier molecular flexibility index (Phi) is 7.54. The number of hydrogen-bond donors (Lipinski definition) is 2. The van der Waals surface area contributed by atoms with Gasteiger partial charge in [-0.25, -0.2) is 4.98 Å². The Hall–Kier alpha value is -1.68. The minimum absolute atomic E-state index is 0.386. The van der Waals surface area contributed by atoms with Gasteiger partial charge in [0.15, 0.2) is 0 Å². The maximum Gasteiger partial charge on any atom is 0.132 e. The molecule has 6 heteroatoms. The molecule has 0 aromatic carbocycles. The highest BCUT2D eigenvalue weighted by atomic mass is 16.5.